The van der Waals surface area contributed by atoms with Crippen molar-refractivity contribution < 1.29 is 27.7 Å². The Bertz CT molecular complexity index is 1570. The molecule has 4 aromatic carbocycles. The molecule has 1 unspecified atom stereocenters. The Hall–Kier alpha value is -4.01. The highest BCUT2D eigenvalue weighted by Crippen LogP contribution is 2.46. The van der Waals surface area contributed by atoms with Crippen LogP contribution in [0, 0.1) is 6.92 Å². The minimum absolute atomic E-state index is 0.00224. The third-order valence-corrected chi connectivity index (χ3v) is 8.93. The second-order valence-corrected chi connectivity index (χ2v) is 11.4. The van der Waals surface area contributed by atoms with Gasteiger partial charge in [-0.25, -0.2) is 8.42 Å². The summed E-state index contributed by atoms with van der Waals surface area (Å²) >= 11 is 0. The number of aromatic hydroxyl groups is 1. The summed E-state index contributed by atoms with van der Waals surface area (Å²) in [4.78, 5) is 0.179. The van der Waals surface area contributed by atoms with Gasteiger partial charge in [0, 0.05) is 17.7 Å². The van der Waals surface area contributed by atoms with Crippen LogP contribution in [0.3, 0.4) is 0 Å². The van der Waals surface area contributed by atoms with Crippen LogP contribution < -0.4 is 14.2 Å². The number of aryl methyl sites for hydroxylation is 1. The van der Waals surface area contributed by atoms with Gasteiger partial charge in [-0.15, -0.1) is 0 Å². The zero-order valence-electron chi connectivity index (χ0n) is 22.1. The summed E-state index contributed by atoms with van der Waals surface area (Å²) in [6, 6.07) is 24.5. The van der Waals surface area contributed by atoms with Crippen LogP contribution in [0.1, 0.15) is 33.9 Å². The Morgan fingerprint density at radius 2 is 1.67 bits per heavy atom. The van der Waals surface area contributed by atoms with Gasteiger partial charge in [-0.2, -0.15) is 4.31 Å². The van der Waals surface area contributed by atoms with Gasteiger partial charge in [0.25, 0.3) is 0 Å². The van der Waals surface area contributed by atoms with Crippen LogP contribution in [0.2, 0.25) is 0 Å². The fraction of sp³-hybridized carbons (Fsp3) is 0.226. The Morgan fingerprint density at radius 1 is 0.923 bits per heavy atom. The van der Waals surface area contributed by atoms with Crippen LogP contribution in [-0.2, 0) is 29.6 Å². The van der Waals surface area contributed by atoms with Crippen molar-refractivity contribution in [1.82, 2.24) is 4.31 Å². The molecule has 0 amide bonds. The number of ether oxygens (including phenoxy) is 3. The largest absolute Gasteiger partial charge is 0.508 e. The van der Waals surface area contributed by atoms with Gasteiger partial charge >= 0.3 is 0 Å². The summed E-state index contributed by atoms with van der Waals surface area (Å²) in [7, 11) is -0.869. The lowest BCUT2D eigenvalue weighted by molar-refractivity contribution is 0.255. The summed E-state index contributed by atoms with van der Waals surface area (Å²) in [5.41, 5.74) is 4.07. The predicted molar refractivity (Wildman–Crippen MR) is 149 cm³/mol. The number of hydrogen-bond donors (Lipinski definition) is 1. The molecule has 0 radical (unpaired) electrons. The minimum Gasteiger partial charge on any atom is -0.508 e. The lowest BCUT2D eigenvalue weighted by atomic mass is 9.90. The molecular weight excluding hydrogens is 514 g/mol. The molecule has 0 aliphatic carbocycles. The topological polar surface area (TPSA) is 85.3 Å². The molecule has 0 fully saturated rings. The highest BCUT2D eigenvalue weighted by atomic mass is 32.2. The van der Waals surface area contributed by atoms with Crippen LogP contribution >= 0.6 is 0 Å². The maximum atomic E-state index is 14.1. The van der Waals surface area contributed by atoms with Gasteiger partial charge in [0.2, 0.25) is 10.0 Å². The number of fused-ring (bicyclic) bond motifs is 1. The van der Waals surface area contributed by atoms with Gasteiger partial charge in [0.1, 0.15) is 18.1 Å². The fourth-order valence-corrected chi connectivity index (χ4v) is 6.50. The van der Waals surface area contributed by atoms with E-state index in [1.807, 2.05) is 49.4 Å². The molecule has 202 valence electrons. The predicted octanol–water partition coefficient (Wildman–Crippen LogP) is 5.79. The second-order valence-electron chi connectivity index (χ2n) is 9.52. The van der Waals surface area contributed by atoms with E-state index in [1.165, 1.54) is 17.5 Å². The smallest absolute Gasteiger partial charge is 0.243 e. The standard InChI is InChI=1S/C31H31NO6S/c1-21-9-13-25(14-10-21)39(34,35)32-19-27-23(17-28(32)26-18-24(36-2)12-15-29(26)33)11-16-30(37-3)31(27)38-20-22-7-5-4-6-8-22/h4-16,18,28,33H,17,19-20H2,1-3H3. The Morgan fingerprint density at radius 3 is 2.36 bits per heavy atom. The number of methoxy groups -OCH3 is 2. The zero-order valence-corrected chi connectivity index (χ0v) is 22.9. The molecule has 7 nitrogen and oxygen atoms in total. The molecule has 1 atom stereocenters. The summed E-state index contributed by atoms with van der Waals surface area (Å²) in [5.74, 6) is 1.57. The van der Waals surface area contributed by atoms with Crippen molar-refractivity contribution in [2.75, 3.05) is 14.2 Å². The first kappa shape index (κ1) is 26.6. The number of benzene rings is 4. The SMILES string of the molecule is COc1ccc(O)c(C2Cc3ccc(OC)c(OCc4ccccc4)c3CN2S(=O)(=O)c2ccc(C)cc2)c1. The molecule has 1 heterocycles. The summed E-state index contributed by atoms with van der Waals surface area (Å²) in [6.07, 6.45) is 0.326. The lowest BCUT2D eigenvalue weighted by Gasteiger charge is -2.37. The van der Waals surface area contributed by atoms with E-state index in [1.54, 1.807) is 43.5 Å². The average molecular weight is 546 g/mol. The monoisotopic (exact) mass is 545 g/mol. The van der Waals surface area contributed by atoms with Crippen molar-refractivity contribution in [3.8, 4) is 23.0 Å². The number of phenols is 1. The second kappa shape index (κ2) is 11.0. The first-order valence-corrected chi connectivity index (χ1v) is 14.1. The van der Waals surface area contributed by atoms with Gasteiger partial charge in [0.05, 0.1) is 25.2 Å². The fourth-order valence-electron chi connectivity index (χ4n) is 4.93. The van der Waals surface area contributed by atoms with Crippen LogP contribution in [-0.4, -0.2) is 32.0 Å². The van der Waals surface area contributed by atoms with Crippen molar-refractivity contribution in [1.29, 1.82) is 0 Å². The number of sulfonamides is 1. The molecule has 8 heteroatoms. The molecule has 1 aliphatic heterocycles. The summed E-state index contributed by atoms with van der Waals surface area (Å²) in [6.45, 7) is 2.25. The summed E-state index contributed by atoms with van der Waals surface area (Å²) in [5, 5.41) is 10.8. The van der Waals surface area contributed by atoms with Crippen LogP contribution in [0.5, 0.6) is 23.0 Å². The summed E-state index contributed by atoms with van der Waals surface area (Å²) < 4.78 is 47.0. The molecule has 1 N–H and O–H groups in total. The number of phenolic OH excluding ortho intramolecular Hbond substituents is 1. The van der Waals surface area contributed by atoms with Crippen LogP contribution in [0.25, 0.3) is 0 Å². The van der Waals surface area contributed by atoms with E-state index in [-0.39, 0.29) is 17.2 Å². The van der Waals surface area contributed by atoms with Crippen LogP contribution in [0.15, 0.2) is 89.8 Å². The van der Waals surface area contributed by atoms with E-state index in [2.05, 4.69) is 0 Å². The molecule has 0 bridgehead atoms. The number of rotatable bonds is 8. The first-order valence-electron chi connectivity index (χ1n) is 12.6. The Balaban J connectivity index is 1.63. The van der Waals surface area contributed by atoms with E-state index in [4.69, 9.17) is 14.2 Å². The Labute approximate surface area is 229 Å². The van der Waals surface area contributed by atoms with Crippen molar-refractivity contribution in [2.24, 2.45) is 0 Å². The zero-order chi connectivity index (χ0) is 27.6. The molecule has 39 heavy (non-hydrogen) atoms. The van der Waals surface area contributed by atoms with Crippen LogP contribution in [0.4, 0.5) is 0 Å². The molecule has 1 aliphatic rings. The minimum atomic E-state index is -3.97. The highest BCUT2D eigenvalue weighted by Gasteiger charge is 2.39. The maximum Gasteiger partial charge on any atom is 0.243 e. The molecule has 0 spiro atoms. The van der Waals surface area contributed by atoms with Gasteiger partial charge in [-0.1, -0.05) is 54.1 Å². The molecule has 0 saturated carbocycles. The molecular formula is C31H31NO6S. The molecule has 4 aromatic rings. The van der Waals surface area contributed by atoms with Gasteiger partial charge in [-0.3, -0.25) is 0 Å². The van der Waals surface area contributed by atoms with Gasteiger partial charge in [0.15, 0.2) is 11.5 Å². The van der Waals surface area contributed by atoms with Gasteiger partial charge in [-0.05, 0) is 60.9 Å². The van der Waals surface area contributed by atoms with Crippen molar-refractivity contribution >= 4 is 10.0 Å². The quantitative estimate of drug-likeness (QED) is 0.302. The molecule has 0 saturated heterocycles. The van der Waals surface area contributed by atoms with Crippen molar-refractivity contribution in [3.05, 3.63) is 113 Å². The molecule has 5 rings (SSSR count). The normalized spacial score (nSPS) is 15.4. The third kappa shape index (κ3) is 5.30. The lowest BCUT2D eigenvalue weighted by Crippen LogP contribution is -2.39. The third-order valence-electron chi connectivity index (χ3n) is 7.06. The van der Waals surface area contributed by atoms with Gasteiger partial charge < -0.3 is 19.3 Å². The van der Waals surface area contributed by atoms with E-state index in [0.29, 0.717) is 35.8 Å². The average Bonchev–Trinajstić information content (AvgIpc) is 2.96. The highest BCUT2D eigenvalue weighted by molar-refractivity contribution is 7.89. The van der Waals surface area contributed by atoms with E-state index in [9.17, 15) is 13.5 Å². The van der Waals surface area contributed by atoms with Crippen molar-refractivity contribution in [3.63, 3.8) is 0 Å². The molecule has 0 aromatic heterocycles. The number of nitrogens with zero attached hydrogens (tertiary/aromatic N) is 1. The maximum absolute atomic E-state index is 14.1. The van der Waals surface area contributed by atoms with E-state index in [0.717, 1.165) is 22.3 Å². The van der Waals surface area contributed by atoms with E-state index < -0.39 is 16.1 Å². The Kier molecular flexibility index (Phi) is 7.50. The first-order chi connectivity index (χ1) is 18.8. The van der Waals surface area contributed by atoms with Crippen molar-refractivity contribution in [2.45, 2.75) is 37.4 Å². The number of hydrogen-bond acceptors (Lipinski definition) is 6. The van der Waals surface area contributed by atoms with E-state index >= 15 is 0 Å².